The molecule has 2 nitrogen and oxygen atoms in total. The van der Waals surface area contributed by atoms with Crippen LogP contribution in [0.2, 0.25) is 0 Å². The third-order valence-electron chi connectivity index (χ3n) is 10.5. The summed E-state index contributed by atoms with van der Waals surface area (Å²) in [7, 11) is 0. The zero-order valence-electron chi connectivity index (χ0n) is 20.9. The minimum absolute atomic E-state index is 0.0626. The van der Waals surface area contributed by atoms with E-state index in [0.717, 1.165) is 43.9 Å². The van der Waals surface area contributed by atoms with Crippen molar-refractivity contribution < 1.29 is 9.90 Å². The van der Waals surface area contributed by atoms with Crippen LogP contribution in [0, 0.1) is 46.3 Å². The van der Waals surface area contributed by atoms with E-state index < -0.39 is 0 Å². The molecule has 31 heavy (non-hydrogen) atoms. The molecule has 2 fully saturated rings. The highest BCUT2D eigenvalue weighted by atomic mass is 16.3. The van der Waals surface area contributed by atoms with Crippen molar-refractivity contribution >= 4 is 5.78 Å². The van der Waals surface area contributed by atoms with Crippen molar-refractivity contribution in [3.8, 4) is 0 Å². The van der Waals surface area contributed by atoms with Gasteiger partial charge in [-0.15, -0.1) is 0 Å². The van der Waals surface area contributed by atoms with Gasteiger partial charge in [-0.25, -0.2) is 0 Å². The number of hydrogen-bond donors (Lipinski definition) is 1. The maximum Gasteiger partial charge on any atom is 0.159 e. The lowest BCUT2D eigenvalue weighted by molar-refractivity contribution is -0.122. The number of carbonyl (C=O) groups is 1. The monoisotopic (exact) mass is 426 g/mol. The molecule has 4 aliphatic rings. The average Bonchev–Trinajstić information content (AvgIpc) is 2.98. The number of fused-ring (bicyclic) bond motifs is 5. The van der Waals surface area contributed by atoms with Crippen LogP contribution in [0.5, 0.6) is 0 Å². The smallest absolute Gasteiger partial charge is 0.159 e. The number of allylic oxidation sites excluding steroid dienone is 3. The Morgan fingerprint density at radius 1 is 1.10 bits per heavy atom. The van der Waals surface area contributed by atoms with E-state index in [2.05, 4.69) is 53.7 Å². The highest BCUT2D eigenvalue weighted by Gasteiger charge is 2.58. The lowest BCUT2D eigenvalue weighted by Crippen LogP contribution is -2.48. The summed E-state index contributed by atoms with van der Waals surface area (Å²) in [4.78, 5) is 13.4. The molecule has 0 radical (unpaired) electrons. The van der Waals surface area contributed by atoms with E-state index in [1.807, 2.05) is 0 Å². The molecular formula is C29H46O2. The average molecular weight is 427 g/mol. The maximum atomic E-state index is 13.4. The summed E-state index contributed by atoms with van der Waals surface area (Å²) >= 11 is 0. The van der Waals surface area contributed by atoms with Gasteiger partial charge in [0.15, 0.2) is 5.78 Å². The van der Waals surface area contributed by atoms with Crippen LogP contribution in [-0.2, 0) is 4.79 Å². The first-order valence-electron chi connectivity index (χ1n) is 13.2. The highest BCUT2D eigenvalue weighted by molar-refractivity contribution is 5.97. The number of carbonyl (C=O) groups excluding carboxylic acids is 1. The molecule has 0 unspecified atom stereocenters. The van der Waals surface area contributed by atoms with E-state index in [9.17, 15) is 9.90 Å². The molecule has 0 amide bonds. The second-order valence-corrected chi connectivity index (χ2v) is 12.4. The van der Waals surface area contributed by atoms with Crippen LogP contribution >= 0.6 is 0 Å². The number of rotatable bonds is 6. The fraction of sp³-hybridized carbons (Fsp3) is 0.828. The van der Waals surface area contributed by atoms with E-state index in [0.29, 0.717) is 23.5 Å². The maximum absolute atomic E-state index is 13.4. The van der Waals surface area contributed by atoms with Crippen LogP contribution in [0.4, 0.5) is 0 Å². The zero-order valence-corrected chi connectivity index (χ0v) is 20.9. The van der Waals surface area contributed by atoms with Gasteiger partial charge in [-0.3, -0.25) is 4.79 Å². The SMILES string of the molecule is CC[C@H](CC[C@@H](C)[C@H]1C(=O)C=C2[C@@H]3CC=C4C[C@@H](O)CC[C@]4(C)[C@H]3CC[C@@]21C)C(C)C. The Labute approximate surface area is 191 Å². The Morgan fingerprint density at radius 2 is 1.81 bits per heavy atom. The first kappa shape index (κ1) is 23.3. The molecule has 1 N–H and O–H groups in total. The molecule has 0 aromatic carbocycles. The molecule has 8 atom stereocenters. The molecule has 2 heteroatoms. The molecular weight excluding hydrogens is 380 g/mol. The Morgan fingerprint density at radius 3 is 2.48 bits per heavy atom. The van der Waals surface area contributed by atoms with Crippen molar-refractivity contribution in [2.75, 3.05) is 0 Å². The quantitative estimate of drug-likeness (QED) is 0.459. The van der Waals surface area contributed by atoms with Crippen LogP contribution in [0.15, 0.2) is 23.3 Å². The van der Waals surface area contributed by atoms with Crippen molar-refractivity contribution in [2.24, 2.45) is 46.3 Å². The van der Waals surface area contributed by atoms with E-state index in [1.165, 1.54) is 36.8 Å². The largest absolute Gasteiger partial charge is 0.393 e. The Hall–Kier alpha value is -0.890. The predicted molar refractivity (Wildman–Crippen MR) is 129 cm³/mol. The van der Waals surface area contributed by atoms with Crippen molar-refractivity contribution in [1.29, 1.82) is 0 Å². The Bertz CT molecular complexity index is 761. The molecule has 0 aromatic rings. The van der Waals surface area contributed by atoms with Crippen molar-refractivity contribution in [3.05, 3.63) is 23.3 Å². The minimum atomic E-state index is -0.153. The van der Waals surface area contributed by atoms with Crippen molar-refractivity contribution in [1.82, 2.24) is 0 Å². The summed E-state index contributed by atoms with van der Waals surface area (Å²) in [6, 6.07) is 0. The van der Waals surface area contributed by atoms with E-state index in [4.69, 9.17) is 0 Å². The summed E-state index contributed by atoms with van der Waals surface area (Å²) in [5, 5.41) is 10.2. The van der Waals surface area contributed by atoms with Gasteiger partial charge in [0, 0.05) is 5.92 Å². The molecule has 0 saturated heterocycles. The predicted octanol–water partition coefficient (Wildman–Crippen LogP) is 7.12. The number of hydrogen-bond acceptors (Lipinski definition) is 2. The van der Waals surface area contributed by atoms with Gasteiger partial charge in [-0.05, 0) is 97.9 Å². The molecule has 174 valence electrons. The van der Waals surface area contributed by atoms with Crippen molar-refractivity contribution in [3.63, 3.8) is 0 Å². The van der Waals surface area contributed by atoms with Crippen LogP contribution in [0.25, 0.3) is 0 Å². The zero-order chi connectivity index (χ0) is 22.6. The molecule has 0 spiro atoms. The topological polar surface area (TPSA) is 37.3 Å². The third-order valence-corrected chi connectivity index (χ3v) is 10.5. The van der Waals surface area contributed by atoms with Gasteiger partial charge < -0.3 is 5.11 Å². The van der Waals surface area contributed by atoms with Gasteiger partial charge in [0.1, 0.15) is 0 Å². The van der Waals surface area contributed by atoms with E-state index >= 15 is 0 Å². The Kier molecular flexibility index (Phi) is 6.36. The number of ketones is 1. The first-order valence-corrected chi connectivity index (χ1v) is 13.2. The highest BCUT2D eigenvalue weighted by Crippen LogP contribution is 2.65. The number of aliphatic hydroxyl groups excluding tert-OH is 1. The third kappa shape index (κ3) is 3.79. The van der Waals surface area contributed by atoms with E-state index in [1.54, 1.807) is 0 Å². The fourth-order valence-electron chi connectivity index (χ4n) is 8.45. The summed E-state index contributed by atoms with van der Waals surface area (Å²) in [6.07, 6.45) is 14.5. The molecule has 2 saturated carbocycles. The van der Waals surface area contributed by atoms with Gasteiger partial charge in [0.2, 0.25) is 0 Å². The van der Waals surface area contributed by atoms with E-state index in [-0.39, 0.29) is 22.9 Å². The minimum Gasteiger partial charge on any atom is -0.393 e. The standard InChI is InChI=1S/C29H46O2/c1-7-20(18(2)3)9-8-19(4)27-26(31)17-25-23-11-10-21-16-22(30)12-14-28(21,5)24(23)13-15-29(25,27)6/h10,17-20,22-24,27,30H,7-9,11-16H2,1-6H3/t19-,20-,22+,23-,24+,27+,28+,29+/m1/s1. The van der Waals surface area contributed by atoms with Crippen LogP contribution in [-0.4, -0.2) is 17.0 Å². The van der Waals surface area contributed by atoms with Gasteiger partial charge >= 0.3 is 0 Å². The second kappa shape index (κ2) is 8.47. The van der Waals surface area contributed by atoms with Gasteiger partial charge in [0.05, 0.1) is 6.10 Å². The summed E-state index contributed by atoms with van der Waals surface area (Å²) in [5.41, 5.74) is 3.28. The molecule has 0 aliphatic heterocycles. The molecule has 0 bridgehead atoms. The lowest BCUT2D eigenvalue weighted by atomic mass is 9.48. The van der Waals surface area contributed by atoms with Crippen molar-refractivity contribution in [2.45, 2.75) is 105 Å². The van der Waals surface area contributed by atoms with Gasteiger partial charge in [0.25, 0.3) is 0 Å². The second-order valence-electron chi connectivity index (χ2n) is 12.4. The van der Waals surface area contributed by atoms with Crippen LogP contribution in [0.3, 0.4) is 0 Å². The molecule has 4 rings (SSSR count). The normalized spacial score (nSPS) is 41.7. The summed E-state index contributed by atoms with van der Waals surface area (Å²) in [5.74, 6) is 3.74. The summed E-state index contributed by atoms with van der Waals surface area (Å²) < 4.78 is 0. The lowest BCUT2D eigenvalue weighted by Gasteiger charge is -2.56. The number of aliphatic hydroxyl groups is 1. The molecule has 0 heterocycles. The summed E-state index contributed by atoms with van der Waals surface area (Å²) in [6.45, 7) is 14.2. The molecule has 0 aromatic heterocycles. The molecule has 4 aliphatic carbocycles. The van der Waals surface area contributed by atoms with Gasteiger partial charge in [-0.2, -0.15) is 0 Å². The Balaban J connectivity index is 1.54. The fourth-order valence-corrected chi connectivity index (χ4v) is 8.45. The first-order chi connectivity index (χ1) is 14.6. The van der Waals surface area contributed by atoms with Gasteiger partial charge in [-0.1, -0.05) is 65.2 Å². The van der Waals surface area contributed by atoms with Crippen LogP contribution < -0.4 is 0 Å². The van der Waals surface area contributed by atoms with Crippen LogP contribution in [0.1, 0.15) is 99.3 Å².